The van der Waals surface area contributed by atoms with E-state index in [0.717, 1.165) is 23.5 Å². The number of H-pyrrole nitrogens is 1. The van der Waals surface area contributed by atoms with E-state index in [-0.39, 0.29) is 17.9 Å². The minimum atomic E-state index is -0.167. The normalized spacial score (nSPS) is 15.1. The minimum absolute atomic E-state index is 0.0399. The summed E-state index contributed by atoms with van der Waals surface area (Å²) in [4.78, 5) is 24.4. The molecule has 0 bridgehead atoms. The monoisotopic (exact) mass is 364 g/mol. The van der Waals surface area contributed by atoms with Crippen LogP contribution in [0, 0.1) is 5.92 Å². The maximum atomic E-state index is 12.4. The largest absolute Gasteiger partial charge is 0.338 e. The lowest BCUT2D eigenvalue weighted by Gasteiger charge is -2.20. The van der Waals surface area contributed by atoms with Crippen LogP contribution in [0.5, 0.6) is 0 Å². The zero-order valence-electron chi connectivity index (χ0n) is 15.3. The van der Waals surface area contributed by atoms with Crippen LogP contribution in [-0.2, 0) is 17.8 Å². The maximum Gasteiger partial charge on any atom is 0.245 e. The lowest BCUT2D eigenvalue weighted by molar-refractivity contribution is -0.116. The molecule has 1 aromatic carbocycles. The molecule has 140 valence electrons. The molecule has 27 heavy (non-hydrogen) atoms. The van der Waals surface area contributed by atoms with Crippen molar-refractivity contribution in [3.8, 4) is 0 Å². The molecule has 0 saturated heterocycles. The van der Waals surface area contributed by atoms with Gasteiger partial charge >= 0.3 is 0 Å². The van der Waals surface area contributed by atoms with Gasteiger partial charge in [-0.1, -0.05) is 44.2 Å². The summed E-state index contributed by atoms with van der Waals surface area (Å²) in [6, 6.07) is 10.7. The van der Waals surface area contributed by atoms with Gasteiger partial charge in [0, 0.05) is 29.4 Å². The average Bonchev–Trinajstić information content (AvgIpc) is 3.12. The standard InChI is InChI=1S/C21H24N4O2/c26-19-10-11-25(18-9-5-4-8-17(18)19)14-21(27)22-20-13-16(23-24-20)12-15-6-2-1-3-7-15/h4-5,8-11,13,15H,1-3,6-7,12,14H2,(H2,22,23,24,27). The summed E-state index contributed by atoms with van der Waals surface area (Å²) in [5.41, 5.74) is 1.79. The molecule has 1 saturated carbocycles. The molecule has 0 radical (unpaired) electrons. The molecular formula is C21H24N4O2. The number of para-hydroxylation sites is 1. The van der Waals surface area contributed by atoms with E-state index >= 15 is 0 Å². The second-order valence-corrected chi connectivity index (χ2v) is 7.36. The van der Waals surface area contributed by atoms with E-state index in [1.807, 2.05) is 24.3 Å². The highest BCUT2D eigenvalue weighted by Gasteiger charge is 2.16. The molecular weight excluding hydrogens is 340 g/mol. The molecule has 1 aliphatic carbocycles. The topological polar surface area (TPSA) is 79.8 Å². The van der Waals surface area contributed by atoms with Crippen LogP contribution in [0.1, 0.15) is 37.8 Å². The number of aromatic amines is 1. The Morgan fingerprint density at radius 3 is 2.85 bits per heavy atom. The highest BCUT2D eigenvalue weighted by Crippen LogP contribution is 2.26. The number of rotatable bonds is 5. The Morgan fingerprint density at radius 2 is 2.00 bits per heavy atom. The number of pyridine rings is 1. The van der Waals surface area contributed by atoms with Gasteiger partial charge in [-0.15, -0.1) is 0 Å². The van der Waals surface area contributed by atoms with E-state index in [1.54, 1.807) is 16.8 Å². The summed E-state index contributed by atoms with van der Waals surface area (Å²) in [7, 11) is 0. The Kier molecular flexibility index (Phi) is 5.05. The fraction of sp³-hybridized carbons (Fsp3) is 0.381. The van der Waals surface area contributed by atoms with Crippen LogP contribution >= 0.6 is 0 Å². The molecule has 6 heteroatoms. The number of aromatic nitrogens is 3. The zero-order chi connectivity index (χ0) is 18.6. The molecule has 0 unspecified atom stereocenters. The van der Waals surface area contributed by atoms with Gasteiger partial charge in [0.15, 0.2) is 11.2 Å². The Hall–Kier alpha value is -2.89. The molecule has 2 heterocycles. The van der Waals surface area contributed by atoms with Crippen molar-refractivity contribution >= 4 is 22.6 Å². The number of benzene rings is 1. The first-order chi connectivity index (χ1) is 13.2. The van der Waals surface area contributed by atoms with Crippen LogP contribution in [-0.4, -0.2) is 20.7 Å². The highest BCUT2D eigenvalue weighted by molar-refractivity contribution is 5.91. The molecule has 1 fully saturated rings. The number of carbonyl (C=O) groups is 1. The summed E-state index contributed by atoms with van der Waals surface area (Å²) in [5, 5.41) is 10.7. The fourth-order valence-electron chi connectivity index (χ4n) is 3.97. The van der Waals surface area contributed by atoms with Crippen LogP contribution in [0.15, 0.2) is 47.4 Å². The van der Waals surface area contributed by atoms with E-state index in [9.17, 15) is 9.59 Å². The molecule has 2 aromatic heterocycles. The van der Waals surface area contributed by atoms with Gasteiger partial charge in [-0.25, -0.2) is 0 Å². The van der Waals surface area contributed by atoms with Gasteiger partial charge in [-0.2, -0.15) is 5.10 Å². The molecule has 1 amide bonds. The smallest absolute Gasteiger partial charge is 0.245 e. The average molecular weight is 364 g/mol. The predicted octanol–water partition coefficient (Wildman–Crippen LogP) is 3.49. The quantitative estimate of drug-likeness (QED) is 0.727. The SMILES string of the molecule is O=C(Cn1ccc(=O)c2ccccc21)Nc1cc(CC2CCCCC2)[nH]n1. The number of hydrogen-bond acceptors (Lipinski definition) is 3. The number of carbonyl (C=O) groups excluding carboxylic acids is 1. The van der Waals surface area contributed by atoms with E-state index in [1.165, 1.54) is 38.2 Å². The van der Waals surface area contributed by atoms with Gasteiger partial charge in [0.05, 0.1) is 5.52 Å². The van der Waals surface area contributed by atoms with E-state index in [2.05, 4.69) is 15.5 Å². The Balaban J connectivity index is 1.41. The highest BCUT2D eigenvalue weighted by atomic mass is 16.2. The summed E-state index contributed by atoms with van der Waals surface area (Å²) < 4.78 is 1.78. The lowest BCUT2D eigenvalue weighted by Crippen LogP contribution is -2.20. The first-order valence-electron chi connectivity index (χ1n) is 9.61. The zero-order valence-corrected chi connectivity index (χ0v) is 15.3. The maximum absolute atomic E-state index is 12.4. The van der Waals surface area contributed by atoms with Gasteiger partial charge in [0.1, 0.15) is 6.54 Å². The van der Waals surface area contributed by atoms with Crippen molar-refractivity contribution in [2.45, 2.75) is 45.1 Å². The van der Waals surface area contributed by atoms with Crippen molar-refractivity contribution in [1.29, 1.82) is 0 Å². The van der Waals surface area contributed by atoms with Crippen molar-refractivity contribution in [2.24, 2.45) is 5.92 Å². The Morgan fingerprint density at radius 1 is 1.19 bits per heavy atom. The summed E-state index contributed by atoms with van der Waals surface area (Å²) in [6.45, 7) is 0.131. The molecule has 3 aromatic rings. The summed E-state index contributed by atoms with van der Waals surface area (Å²) >= 11 is 0. The molecule has 1 aliphatic rings. The van der Waals surface area contributed by atoms with Crippen LogP contribution < -0.4 is 10.7 Å². The number of amides is 1. The molecule has 0 atom stereocenters. The first-order valence-corrected chi connectivity index (χ1v) is 9.61. The fourth-order valence-corrected chi connectivity index (χ4v) is 3.97. The van der Waals surface area contributed by atoms with E-state index in [4.69, 9.17) is 0 Å². The Bertz CT molecular complexity index is 999. The number of anilines is 1. The molecule has 0 aliphatic heterocycles. The third kappa shape index (κ3) is 4.10. The van der Waals surface area contributed by atoms with Crippen LogP contribution in [0.4, 0.5) is 5.82 Å². The number of fused-ring (bicyclic) bond motifs is 1. The minimum Gasteiger partial charge on any atom is -0.338 e. The lowest BCUT2D eigenvalue weighted by atomic mass is 9.86. The summed E-state index contributed by atoms with van der Waals surface area (Å²) in [6.07, 6.45) is 9.18. The van der Waals surface area contributed by atoms with Crippen molar-refractivity contribution in [3.63, 3.8) is 0 Å². The second kappa shape index (κ2) is 7.78. The number of nitrogens with zero attached hydrogens (tertiary/aromatic N) is 2. The first kappa shape index (κ1) is 17.5. The van der Waals surface area contributed by atoms with Crippen LogP contribution in [0.3, 0.4) is 0 Å². The molecule has 6 nitrogen and oxygen atoms in total. The van der Waals surface area contributed by atoms with Gasteiger partial charge < -0.3 is 9.88 Å². The summed E-state index contributed by atoms with van der Waals surface area (Å²) in [5.74, 6) is 1.10. The number of hydrogen-bond donors (Lipinski definition) is 2. The van der Waals surface area contributed by atoms with Crippen LogP contribution in [0.2, 0.25) is 0 Å². The van der Waals surface area contributed by atoms with Crippen LogP contribution in [0.25, 0.3) is 10.9 Å². The molecule has 0 spiro atoms. The van der Waals surface area contributed by atoms with Gasteiger partial charge in [-0.3, -0.25) is 14.7 Å². The van der Waals surface area contributed by atoms with Crippen molar-refractivity contribution in [2.75, 3.05) is 5.32 Å². The number of nitrogens with one attached hydrogen (secondary N) is 2. The van der Waals surface area contributed by atoms with Crippen molar-refractivity contribution in [3.05, 3.63) is 58.5 Å². The predicted molar refractivity (Wildman–Crippen MR) is 106 cm³/mol. The van der Waals surface area contributed by atoms with Gasteiger partial charge in [0.2, 0.25) is 5.91 Å². The Labute approximate surface area is 157 Å². The second-order valence-electron chi connectivity index (χ2n) is 7.36. The molecule has 4 rings (SSSR count). The van der Waals surface area contributed by atoms with Crippen molar-refractivity contribution in [1.82, 2.24) is 14.8 Å². The van der Waals surface area contributed by atoms with Gasteiger partial charge in [0.25, 0.3) is 0 Å². The van der Waals surface area contributed by atoms with Gasteiger partial charge in [-0.05, 0) is 24.5 Å². The van der Waals surface area contributed by atoms with E-state index < -0.39 is 0 Å². The third-order valence-electron chi connectivity index (χ3n) is 5.33. The van der Waals surface area contributed by atoms with Crippen molar-refractivity contribution < 1.29 is 4.79 Å². The van der Waals surface area contributed by atoms with E-state index in [0.29, 0.717) is 11.2 Å². The molecule has 2 N–H and O–H groups in total. The third-order valence-corrected chi connectivity index (χ3v) is 5.33.